The molecule has 0 atom stereocenters. The van der Waals surface area contributed by atoms with Gasteiger partial charge in [-0.05, 0) is 18.6 Å². The van der Waals surface area contributed by atoms with Crippen molar-refractivity contribution in [1.82, 2.24) is 0 Å². The Morgan fingerprint density at radius 2 is 2.24 bits per heavy atom. The Morgan fingerprint density at radius 3 is 2.94 bits per heavy atom. The van der Waals surface area contributed by atoms with Crippen LogP contribution in [0.3, 0.4) is 0 Å². The fraction of sp³-hybridized carbons (Fsp3) is 0.455. The highest BCUT2D eigenvalue weighted by Crippen LogP contribution is 2.37. The van der Waals surface area contributed by atoms with Crippen molar-refractivity contribution in [1.29, 1.82) is 0 Å². The van der Waals surface area contributed by atoms with Gasteiger partial charge in [-0.3, -0.25) is 4.31 Å². The maximum absolute atomic E-state index is 12.1. The van der Waals surface area contributed by atoms with Crippen LogP contribution in [0.5, 0.6) is 5.75 Å². The van der Waals surface area contributed by atoms with Gasteiger partial charge in [-0.1, -0.05) is 13.0 Å². The number of hydrogen-bond donors (Lipinski definition) is 1. The topological polar surface area (TPSA) is 72.6 Å². The molecule has 0 aliphatic carbocycles. The Kier molecular flexibility index (Phi) is 3.15. The van der Waals surface area contributed by atoms with Crippen molar-refractivity contribution in [2.75, 3.05) is 28.9 Å². The zero-order valence-electron chi connectivity index (χ0n) is 9.72. The summed E-state index contributed by atoms with van der Waals surface area (Å²) in [5.41, 5.74) is 6.79. The second-order valence-electron chi connectivity index (χ2n) is 3.93. The maximum Gasteiger partial charge on any atom is 0.235 e. The summed E-state index contributed by atoms with van der Waals surface area (Å²) >= 11 is 0. The van der Waals surface area contributed by atoms with Gasteiger partial charge >= 0.3 is 0 Å². The standard InChI is InChI=1S/C11H16N2O3S/c1-2-8-17(14,15)13-6-7-16-11-9(12)4-3-5-10(11)13/h3-5H,2,6-8,12H2,1H3. The molecule has 0 spiro atoms. The van der Waals surface area contributed by atoms with Gasteiger partial charge in [-0.15, -0.1) is 0 Å². The van der Waals surface area contributed by atoms with Crippen LogP contribution in [0.1, 0.15) is 13.3 Å². The third kappa shape index (κ3) is 2.17. The van der Waals surface area contributed by atoms with Crippen molar-refractivity contribution >= 4 is 21.4 Å². The normalized spacial score (nSPS) is 15.2. The average molecular weight is 256 g/mol. The van der Waals surface area contributed by atoms with E-state index in [9.17, 15) is 8.42 Å². The highest BCUT2D eigenvalue weighted by molar-refractivity contribution is 7.92. The van der Waals surface area contributed by atoms with Crippen LogP contribution in [0, 0.1) is 0 Å². The number of nitrogens with zero attached hydrogens (tertiary/aromatic N) is 1. The van der Waals surface area contributed by atoms with Crippen molar-refractivity contribution < 1.29 is 13.2 Å². The van der Waals surface area contributed by atoms with Gasteiger partial charge in [0, 0.05) is 0 Å². The van der Waals surface area contributed by atoms with Crippen LogP contribution in [0.25, 0.3) is 0 Å². The lowest BCUT2D eigenvalue weighted by molar-refractivity contribution is 0.317. The van der Waals surface area contributed by atoms with Gasteiger partial charge in [0.05, 0.1) is 23.7 Å². The fourth-order valence-electron chi connectivity index (χ4n) is 1.90. The summed E-state index contributed by atoms with van der Waals surface area (Å²) in [6, 6.07) is 5.16. The smallest absolute Gasteiger partial charge is 0.235 e. The van der Waals surface area contributed by atoms with E-state index < -0.39 is 10.0 Å². The molecule has 1 aromatic rings. The van der Waals surface area contributed by atoms with Crippen LogP contribution >= 0.6 is 0 Å². The van der Waals surface area contributed by atoms with Gasteiger partial charge in [0.15, 0.2) is 5.75 Å². The van der Waals surface area contributed by atoms with Gasteiger partial charge in [0.25, 0.3) is 0 Å². The lowest BCUT2D eigenvalue weighted by atomic mass is 10.2. The molecule has 0 bridgehead atoms. The van der Waals surface area contributed by atoms with Crippen molar-refractivity contribution in [3.8, 4) is 5.75 Å². The predicted molar refractivity (Wildman–Crippen MR) is 67.8 cm³/mol. The zero-order chi connectivity index (χ0) is 12.5. The van der Waals surface area contributed by atoms with E-state index in [1.54, 1.807) is 18.2 Å². The minimum absolute atomic E-state index is 0.140. The van der Waals surface area contributed by atoms with Gasteiger partial charge in [0.1, 0.15) is 6.61 Å². The molecule has 0 aromatic heterocycles. The monoisotopic (exact) mass is 256 g/mol. The lowest BCUT2D eigenvalue weighted by Crippen LogP contribution is -2.39. The molecular weight excluding hydrogens is 240 g/mol. The maximum atomic E-state index is 12.1. The van der Waals surface area contributed by atoms with Crippen molar-refractivity contribution in [2.45, 2.75) is 13.3 Å². The van der Waals surface area contributed by atoms with E-state index in [2.05, 4.69) is 0 Å². The van der Waals surface area contributed by atoms with Crippen LogP contribution in [-0.4, -0.2) is 27.3 Å². The molecular formula is C11H16N2O3S. The summed E-state index contributed by atoms with van der Waals surface area (Å²) in [7, 11) is -3.27. The molecule has 94 valence electrons. The number of hydrogen-bond acceptors (Lipinski definition) is 4. The average Bonchev–Trinajstić information content (AvgIpc) is 2.29. The highest BCUT2D eigenvalue weighted by atomic mass is 32.2. The molecule has 5 nitrogen and oxygen atoms in total. The predicted octanol–water partition coefficient (Wildman–Crippen LogP) is 1.21. The Hall–Kier alpha value is -1.43. The quantitative estimate of drug-likeness (QED) is 0.825. The second-order valence-corrected chi connectivity index (χ2v) is 5.94. The number of ether oxygens (including phenoxy) is 1. The number of sulfonamides is 1. The molecule has 2 rings (SSSR count). The number of rotatable bonds is 3. The van der Waals surface area contributed by atoms with Crippen molar-refractivity contribution in [3.63, 3.8) is 0 Å². The summed E-state index contributed by atoms with van der Waals surface area (Å²) in [5, 5.41) is 0. The molecule has 17 heavy (non-hydrogen) atoms. The summed E-state index contributed by atoms with van der Waals surface area (Å²) in [6.45, 7) is 2.53. The number of fused-ring (bicyclic) bond motifs is 1. The number of nitrogen functional groups attached to an aromatic ring is 1. The Bertz CT molecular complexity index is 513. The van der Waals surface area contributed by atoms with Crippen LogP contribution in [0.2, 0.25) is 0 Å². The third-order valence-electron chi connectivity index (χ3n) is 2.63. The number of benzene rings is 1. The first-order valence-corrected chi connectivity index (χ1v) is 7.19. The Labute approximate surface area is 101 Å². The summed E-state index contributed by atoms with van der Waals surface area (Å²) in [6.07, 6.45) is 0.595. The van der Waals surface area contributed by atoms with Crippen molar-refractivity contribution in [2.24, 2.45) is 0 Å². The van der Waals surface area contributed by atoms with E-state index in [1.807, 2.05) is 6.92 Å². The summed E-state index contributed by atoms with van der Waals surface area (Å²) in [5.74, 6) is 0.611. The van der Waals surface area contributed by atoms with Gasteiger partial charge in [0.2, 0.25) is 10.0 Å². The van der Waals surface area contributed by atoms with E-state index in [4.69, 9.17) is 10.5 Å². The van der Waals surface area contributed by atoms with Crippen LogP contribution in [0.15, 0.2) is 18.2 Å². The molecule has 0 saturated carbocycles. The molecule has 1 aliphatic heterocycles. The molecule has 6 heteroatoms. The second kappa shape index (κ2) is 4.44. The van der Waals surface area contributed by atoms with E-state index in [1.165, 1.54) is 4.31 Å². The van der Waals surface area contributed by atoms with Crippen molar-refractivity contribution in [3.05, 3.63) is 18.2 Å². The van der Waals surface area contributed by atoms with Crippen LogP contribution < -0.4 is 14.8 Å². The molecule has 0 saturated heterocycles. The molecule has 0 unspecified atom stereocenters. The molecule has 0 amide bonds. The SMILES string of the molecule is CCCS(=O)(=O)N1CCOc2c(N)cccc21. The Morgan fingerprint density at radius 1 is 1.47 bits per heavy atom. The van der Waals surface area contributed by atoms with Crippen LogP contribution in [-0.2, 0) is 10.0 Å². The lowest BCUT2D eigenvalue weighted by Gasteiger charge is -2.30. The number of anilines is 2. The largest absolute Gasteiger partial charge is 0.487 e. The molecule has 1 aromatic carbocycles. The molecule has 0 fully saturated rings. The van der Waals surface area contributed by atoms with Gasteiger partial charge < -0.3 is 10.5 Å². The first-order valence-electron chi connectivity index (χ1n) is 5.58. The molecule has 0 radical (unpaired) electrons. The van der Waals surface area contributed by atoms with E-state index >= 15 is 0 Å². The summed E-state index contributed by atoms with van der Waals surface area (Å²) in [4.78, 5) is 0. The number of para-hydroxylation sites is 1. The van der Waals surface area contributed by atoms with Gasteiger partial charge in [-0.25, -0.2) is 8.42 Å². The Balaban J connectivity index is 2.45. The van der Waals surface area contributed by atoms with E-state index in [-0.39, 0.29) is 5.75 Å². The molecule has 1 aliphatic rings. The first-order chi connectivity index (χ1) is 8.06. The molecule has 2 N–H and O–H groups in total. The minimum atomic E-state index is -3.27. The highest BCUT2D eigenvalue weighted by Gasteiger charge is 2.28. The zero-order valence-corrected chi connectivity index (χ0v) is 10.5. The first kappa shape index (κ1) is 12.0. The summed E-state index contributed by atoms with van der Waals surface area (Å²) < 4.78 is 31.0. The molecule has 1 heterocycles. The van der Waals surface area contributed by atoms with Crippen LogP contribution in [0.4, 0.5) is 11.4 Å². The van der Waals surface area contributed by atoms with Gasteiger partial charge in [-0.2, -0.15) is 0 Å². The fourth-order valence-corrected chi connectivity index (χ4v) is 3.44. The third-order valence-corrected chi connectivity index (χ3v) is 4.61. The number of nitrogens with two attached hydrogens (primary N) is 1. The minimum Gasteiger partial charge on any atom is -0.487 e. The van der Waals surface area contributed by atoms with E-state index in [0.717, 1.165) is 0 Å². The van der Waals surface area contributed by atoms with E-state index in [0.29, 0.717) is 36.7 Å².